The summed E-state index contributed by atoms with van der Waals surface area (Å²) in [6, 6.07) is 26.8. The summed E-state index contributed by atoms with van der Waals surface area (Å²) in [6.45, 7) is 5.04. The SMILES string of the molecule is COC(=O)N[C@H](C(=O)N1CCC[C@H]1C1=Nc2ccc3cc(-c4cc5ccc(-c6cnc([C@@H]7CCCN7C(=O)[C@H](NC(=O)OC)c7ccccc7)[nH]6)cc5s4)ccc3c2C1)C(C)C. The van der Waals surface area contributed by atoms with Crippen LogP contribution in [-0.2, 0) is 25.5 Å². The van der Waals surface area contributed by atoms with Crippen LogP contribution in [0.5, 0.6) is 0 Å². The number of fused-ring (bicyclic) bond motifs is 4. The van der Waals surface area contributed by atoms with Crippen LogP contribution in [0.1, 0.15) is 68.6 Å². The maximum Gasteiger partial charge on any atom is 0.407 e. The summed E-state index contributed by atoms with van der Waals surface area (Å²) in [5.41, 5.74) is 6.80. The molecule has 0 saturated carbocycles. The number of ether oxygens (including phenoxy) is 2. The van der Waals surface area contributed by atoms with Crippen LogP contribution < -0.4 is 10.6 Å². The molecule has 0 aliphatic carbocycles. The summed E-state index contributed by atoms with van der Waals surface area (Å²) in [7, 11) is 2.59. The first-order valence-corrected chi connectivity index (χ1v) is 22.0. The van der Waals surface area contributed by atoms with Crippen molar-refractivity contribution >= 4 is 67.6 Å². The highest BCUT2D eigenvalue weighted by Gasteiger charge is 2.40. The highest BCUT2D eigenvalue weighted by atomic mass is 32.1. The van der Waals surface area contributed by atoms with Crippen molar-refractivity contribution in [1.82, 2.24) is 30.4 Å². The number of carbonyl (C=O) groups excluding carboxylic acids is 4. The van der Waals surface area contributed by atoms with Gasteiger partial charge in [-0.2, -0.15) is 0 Å². The lowest BCUT2D eigenvalue weighted by atomic mass is 9.96. The number of likely N-dealkylation sites (tertiary alicyclic amines) is 2. The molecule has 2 fully saturated rings. The maximum atomic E-state index is 14.0. The Balaban J connectivity index is 0.909. The van der Waals surface area contributed by atoms with Crippen LogP contribution in [0.25, 0.3) is 42.6 Å². The number of imidazole rings is 1. The first-order valence-electron chi connectivity index (χ1n) is 21.2. The summed E-state index contributed by atoms with van der Waals surface area (Å²) in [5.74, 6) is 0.316. The fraction of sp³-hybridized carbons (Fsp3) is 0.333. The summed E-state index contributed by atoms with van der Waals surface area (Å²) in [5, 5.41) is 8.91. The number of nitrogens with zero attached hydrogens (tertiary/aromatic N) is 4. The molecule has 62 heavy (non-hydrogen) atoms. The van der Waals surface area contributed by atoms with Gasteiger partial charge in [0.1, 0.15) is 17.9 Å². The highest BCUT2D eigenvalue weighted by molar-refractivity contribution is 7.22. The van der Waals surface area contributed by atoms with E-state index >= 15 is 0 Å². The Morgan fingerprint density at radius 1 is 0.790 bits per heavy atom. The molecule has 3 aliphatic heterocycles. The molecule has 6 aromatic rings. The van der Waals surface area contributed by atoms with Crippen LogP contribution in [0, 0.1) is 5.92 Å². The third-order valence-corrected chi connectivity index (χ3v) is 13.6. The molecule has 0 spiro atoms. The molecule has 4 aromatic carbocycles. The van der Waals surface area contributed by atoms with Crippen LogP contribution in [0.2, 0.25) is 0 Å². The number of nitrogens with one attached hydrogen (secondary N) is 3. The van der Waals surface area contributed by atoms with E-state index in [1.807, 2.05) is 55.3 Å². The lowest BCUT2D eigenvalue weighted by molar-refractivity contribution is -0.135. The number of benzene rings is 4. The largest absolute Gasteiger partial charge is 0.453 e. The molecule has 0 radical (unpaired) electrons. The molecule has 14 heteroatoms. The molecule has 3 aliphatic rings. The number of rotatable bonds is 10. The fourth-order valence-corrected chi connectivity index (χ4v) is 10.3. The zero-order chi connectivity index (χ0) is 43.1. The van der Waals surface area contributed by atoms with Crippen molar-refractivity contribution in [1.29, 1.82) is 0 Å². The zero-order valence-corrected chi connectivity index (χ0v) is 36.0. The monoisotopic (exact) mass is 851 g/mol. The van der Waals surface area contributed by atoms with Gasteiger partial charge in [0.15, 0.2) is 0 Å². The predicted octanol–water partition coefficient (Wildman–Crippen LogP) is 8.87. The molecular formula is C48H49N7O6S. The average Bonchev–Trinajstić information content (AvgIpc) is 4.15. The second-order valence-electron chi connectivity index (χ2n) is 16.5. The van der Waals surface area contributed by atoms with Gasteiger partial charge < -0.3 is 34.9 Å². The second-order valence-corrected chi connectivity index (χ2v) is 17.6. The van der Waals surface area contributed by atoms with Crippen molar-refractivity contribution < 1.29 is 28.7 Å². The highest BCUT2D eigenvalue weighted by Crippen LogP contribution is 2.41. The van der Waals surface area contributed by atoms with Crippen molar-refractivity contribution in [3.05, 3.63) is 108 Å². The summed E-state index contributed by atoms with van der Waals surface area (Å²) < 4.78 is 10.8. The van der Waals surface area contributed by atoms with Crippen LogP contribution >= 0.6 is 11.3 Å². The van der Waals surface area contributed by atoms with Gasteiger partial charge in [-0.1, -0.05) is 74.5 Å². The maximum absolute atomic E-state index is 14.0. The predicted molar refractivity (Wildman–Crippen MR) is 240 cm³/mol. The number of aliphatic imine (C=N–C) groups is 1. The molecule has 2 saturated heterocycles. The van der Waals surface area contributed by atoms with Gasteiger partial charge in [-0.3, -0.25) is 14.6 Å². The van der Waals surface area contributed by atoms with E-state index in [1.165, 1.54) is 19.8 Å². The minimum atomic E-state index is -0.881. The molecule has 9 rings (SSSR count). The fourth-order valence-electron chi connectivity index (χ4n) is 9.23. The van der Waals surface area contributed by atoms with Crippen LogP contribution in [0.15, 0.2) is 96.1 Å². The normalized spacial score (nSPS) is 18.2. The van der Waals surface area contributed by atoms with Gasteiger partial charge in [-0.05, 0) is 88.7 Å². The number of aromatic amines is 1. The Morgan fingerprint density at radius 3 is 2.26 bits per heavy atom. The number of amides is 4. The number of hydrogen-bond donors (Lipinski definition) is 3. The number of methoxy groups -OCH3 is 2. The Bertz CT molecular complexity index is 2730. The van der Waals surface area contributed by atoms with Gasteiger partial charge in [-0.25, -0.2) is 14.6 Å². The average molecular weight is 852 g/mol. The minimum absolute atomic E-state index is 0.0932. The Labute approximate surface area is 363 Å². The number of H-pyrrole nitrogens is 1. The molecule has 2 aromatic heterocycles. The molecule has 5 heterocycles. The number of aromatic nitrogens is 2. The topological polar surface area (TPSA) is 158 Å². The van der Waals surface area contributed by atoms with E-state index in [0.717, 1.165) is 79.6 Å². The molecule has 4 atom stereocenters. The molecule has 0 bridgehead atoms. The van der Waals surface area contributed by atoms with E-state index in [-0.39, 0.29) is 29.8 Å². The van der Waals surface area contributed by atoms with Gasteiger partial charge in [-0.15, -0.1) is 11.3 Å². The van der Waals surface area contributed by atoms with E-state index in [4.69, 9.17) is 19.5 Å². The van der Waals surface area contributed by atoms with Gasteiger partial charge in [0.05, 0.1) is 43.9 Å². The van der Waals surface area contributed by atoms with Crippen LogP contribution in [0.3, 0.4) is 0 Å². The first-order chi connectivity index (χ1) is 30.1. The van der Waals surface area contributed by atoms with Gasteiger partial charge in [0.2, 0.25) is 5.91 Å². The van der Waals surface area contributed by atoms with Gasteiger partial charge >= 0.3 is 12.2 Å². The lowest BCUT2D eigenvalue weighted by Gasteiger charge is -2.30. The molecular weight excluding hydrogens is 803 g/mol. The van der Waals surface area contributed by atoms with E-state index < -0.39 is 24.3 Å². The standard InChI is InChI=1S/C48H49N7O6S/c1-27(2)42(52-47(58)60-3)45(56)54-20-8-12-38(54)36-25-34-33-18-16-31(22-29(33)17-19-35(34)50-36)41-24-32-15-14-30(23-40(32)62-41)37-26-49-44(51-37)39-13-9-21-55(39)46(57)43(53-48(59)61-4)28-10-6-5-7-11-28/h5-7,10-11,14-19,22-24,26-27,38-39,42-43H,8-9,12-13,20-21,25H2,1-4H3,(H,49,51)(H,52,58)(H,53,59)/t38-,39-,42-,43+/m0/s1. The minimum Gasteiger partial charge on any atom is -0.453 e. The number of carbonyl (C=O) groups is 4. The van der Waals surface area contributed by atoms with Crippen LogP contribution in [-0.4, -0.2) is 88.9 Å². The van der Waals surface area contributed by atoms with Crippen molar-refractivity contribution in [2.24, 2.45) is 10.9 Å². The van der Waals surface area contributed by atoms with Gasteiger partial charge in [0, 0.05) is 40.4 Å². The summed E-state index contributed by atoms with van der Waals surface area (Å²) in [6.07, 6.45) is 4.53. The Hall–Kier alpha value is -6.54. The number of thiophene rings is 1. The molecule has 4 amide bonds. The Morgan fingerprint density at radius 2 is 1.50 bits per heavy atom. The van der Waals surface area contributed by atoms with Crippen molar-refractivity contribution in [3.8, 4) is 21.7 Å². The molecule has 13 nitrogen and oxygen atoms in total. The smallest absolute Gasteiger partial charge is 0.407 e. The van der Waals surface area contributed by atoms with Crippen molar-refractivity contribution in [3.63, 3.8) is 0 Å². The van der Waals surface area contributed by atoms with E-state index in [2.05, 4.69) is 70.2 Å². The summed E-state index contributed by atoms with van der Waals surface area (Å²) >= 11 is 1.74. The number of hydrogen-bond acceptors (Lipinski definition) is 9. The van der Waals surface area contributed by atoms with E-state index in [9.17, 15) is 19.2 Å². The molecule has 318 valence electrons. The first kappa shape index (κ1) is 40.8. The lowest BCUT2D eigenvalue weighted by Crippen LogP contribution is -2.53. The molecule has 3 N–H and O–H groups in total. The van der Waals surface area contributed by atoms with Gasteiger partial charge in [0.25, 0.3) is 5.91 Å². The Kier molecular flexibility index (Phi) is 11.3. The molecule has 0 unspecified atom stereocenters. The third kappa shape index (κ3) is 7.79. The van der Waals surface area contributed by atoms with Crippen molar-refractivity contribution in [2.45, 2.75) is 70.1 Å². The zero-order valence-electron chi connectivity index (χ0n) is 35.1. The summed E-state index contributed by atoms with van der Waals surface area (Å²) in [4.78, 5) is 70.3. The van der Waals surface area contributed by atoms with Crippen LogP contribution in [0.4, 0.5) is 15.3 Å². The quantitative estimate of drug-likeness (QED) is 0.124. The second kappa shape index (κ2) is 17.1. The third-order valence-electron chi connectivity index (χ3n) is 12.4. The van der Waals surface area contributed by atoms with E-state index in [1.54, 1.807) is 16.2 Å². The van der Waals surface area contributed by atoms with Crippen molar-refractivity contribution in [2.75, 3.05) is 27.3 Å². The number of alkyl carbamates (subject to hydrolysis) is 2. The van der Waals surface area contributed by atoms with E-state index in [0.29, 0.717) is 30.9 Å².